The molecule has 1 aromatic heterocycles. The molecule has 0 spiro atoms. The van der Waals surface area contributed by atoms with Crippen molar-refractivity contribution in [3.05, 3.63) is 40.8 Å². The Morgan fingerprint density at radius 2 is 1.43 bits per heavy atom. The number of rotatable bonds is 9. The first-order valence-corrected chi connectivity index (χ1v) is 13.9. The van der Waals surface area contributed by atoms with E-state index >= 15 is 0 Å². The lowest BCUT2D eigenvalue weighted by Crippen LogP contribution is -2.62. The second-order valence-corrected chi connectivity index (χ2v) is 10.7. The van der Waals surface area contributed by atoms with Gasteiger partial charge >= 0.3 is 0 Å². The van der Waals surface area contributed by atoms with Crippen LogP contribution in [-0.4, -0.2) is 135 Å². The van der Waals surface area contributed by atoms with Gasteiger partial charge in [-0.25, -0.2) is 0 Å². The molecule has 2 aliphatic heterocycles. The Bertz CT molecular complexity index is 1590. The maximum Gasteiger partial charge on any atom is 0.229 e. The van der Waals surface area contributed by atoms with Gasteiger partial charge in [0.05, 0.1) is 33.0 Å². The van der Waals surface area contributed by atoms with Gasteiger partial charge in [-0.3, -0.25) is 4.79 Å². The normalized spacial score (nSPS) is 31.5. The predicted octanol–water partition coefficient (Wildman–Crippen LogP) is -2.11. The van der Waals surface area contributed by atoms with Crippen molar-refractivity contribution < 1.29 is 78.8 Å². The number of hydrogen-bond donors (Lipinski definition) is 9. The molecule has 5 rings (SSSR count). The highest BCUT2D eigenvalue weighted by molar-refractivity contribution is 5.91. The van der Waals surface area contributed by atoms with E-state index in [-0.39, 0.29) is 39.3 Å². The third-order valence-corrected chi connectivity index (χ3v) is 7.84. The summed E-state index contributed by atoms with van der Waals surface area (Å²) in [6.45, 7) is -1.28. The summed E-state index contributed by atoms with van der Waals surface area (Å²) in [7, 11) is 2.51. The molecule has 3 heterocycles. The van der Waals surface area contributed by atoms with Crippen molar-refractivity contribution in [1.29, 1.82) is 0 Å². The summed E-state index contributed by atoms with van der Waals surface area (Å²) in [5, 5.41) is 91.7. The largest absolute Gasteiger partial charge is 0.504 e. The van der Waals surface area contributed by atoms with Crippen molar-refractivity contribution >= 4 is 11.0 Å². The number of phenols is 2. The topological polar surface area (TPSA) is 268 Å². The van der Waals surface area contributed by atoms with Gasteiger partial charge in [0.15, 0.2) is 29.3 Å². The van der Waals surface area contributed by atoms with Crippen LogP contribution in [0.1, 0.15) is 0 Å². The summed E-state index contributed by atoms with van der Waals surface area (Å²) in [6, 6.07) is 5.34. The molecule has 17 heteroatoms. The van der Waals surface area contributed by atoms with Crippen molar-refractivity contribution in [1.82, 2.24) is 0 Å². The summed E-state index contributed by atoms with van der Waals surface area (Å²) in [5.41, 5.74) is -0.649. The molecule has 2 fully saturated rings. The van der Waals surface area contributed by atoms with Gasteiger partial charge in [0.1, 0.15) is 66.1 Å². The lowest BCUT2D eigenvalue weighted by atomic mass is 9.98. The van der Waals surface area contributed by atoms with E-state index in [1.807, 2.05) is 0 Å². The Hall–Kier alpha value is -3.75. The predicted molar refractivity (Wildman–Crippen MR) is 151 cm³/mol. The van der Waals surface area contributed by atoms with Crippen molar-refractivity contribution in [2.75, 3.05) is 27.4 Å². The number of fused-ring (bicyclic) bond motifs is 1. The second kappa shape index (κ2) is 13.5. The van der Waals surface area contributed by atoms with Gasteiger partial charge in [0.25, 0.3) is 0 Å². The van der Waals surface area contributed by atoms with Crippen molar-refractivity contribution in [3.8, 4) is 39.9 Å². The van der Waals surface area contributed by atoms with E-state index in [1.165, 1.54) is 32.4 Å². The molecular weight excluding hydrogens is 620 g/mol. The summed E-state index contributed by atoms with van der Waals surface area (Å²) in [5.74, 6) is -1.40. The fourth-order valence-electron chi connectivity index (χ4n) is 5.24. The first-order valence-electron chi connectivity index (χ1n) is 13.9. The molecule has 17 nitrogen and oxygen atoms in total. The molecule has 0 saturated carbocycles. The molecule has 10 atom stereocenters. The Morgan fingerprint density at radius 1 is 0.783 bits per heavy atom. The second-order valence-electron chi connectivity index (χ2n) is 10.7. The zero-order valence-corrected chi connectivity index (χ0v) is 24.4. The van der Waals surface area contributed by atoms with E-state index in [1.54, 1.807) is 0 Å². The molecule has 9 N–H and O–H groups in total. The Kier molecular flexibility index (Phi) is 9.89. The van der Waals surface area contributed by atoms with Crippen LogP contribution in [0, 0.1) is 0 Å². The van der Waals surface area contributed by atoms with E-state index in [2.05, 4.69) is 0 Å². The van der Waals surface area contributed by atoms with Gasteiger partial charge < -0.3 is 78.8 Å². The van der Waals surface area contributed by atoms with Crippen LogP contribution in [0.2, 0.25) is 0 Å². The average Bonchev–Trinajstić information content (AvgIpc) is 3.04. The molecule has 2 saturated heterocycles. The SMILES string of the molecule is COc1ccc(-c2coc3cc(O)c(OC)c(O)c3c2=O)cc1O[C@@H]1O[C@H](CO[C@@H]2O[C@H](CO)[C@@H](O)[C@H](O)[C@H]2O)[C@@H](O)[C@H](O)[C@H]1O. The smallest absolute Gasteiger partial charge is 0.229 e. The first kappa shape index (κ1) is 33.6. The van der Waals surface area contributed by atoms with E-state index < -0.39 is 91.6 Å². The van der Waals surface area contributed by atoms with Crippen LogP contribution in [0.3, 0.4) is 0 Å². The third kappa shape index (κ3) is 6.05. The number of aliphatic hydroxyl groups excluding tert-OH is 7. The maximum atomic E-state index is 13.4. The Labute approximate surface area is 259 Å². The van der Waals surface area contributed by atoms with E-state index in [0.29, 0.717) is 0 Å². The van der Waals surface area contributed by atoms with Crippen molar-refractivity contribution in [3.63, 3.8) is 0 Å². The molecule has 3 aromatic rings. The van der Waals surface area contributed by atoms with Crippen LogP contribution < -0.4 is 19.6 Å². The molecule has 0 unspecified atom stereocenters. The van der Waals surface area contributed by atoms with E-state index in [4.69, 9.17) is 32.8 Å². The number of aliphatic hydroxyl groups is 7. The number of phenolic OH excluding ortho intramolecular Hbond substituents is 2. The Morgan fingerprint density at radius 3 is 2.09 bits per heavy atom. The van der Waals surface area contributed by atoms with Crippen LogP contribution in [0.4, 0.5) is 0 Å². The fraction of sp³-hybridized carbons (Fsp3) is 0.483. The lowest BCUT2D eigenvalue weighted by molar-refractivity contribution is -0.323. The number of benzene rings is 2. The molecule has 46 heavy (non-hydrogen) atoms. The average molecular weight is 655 g/mol. The standard InChI is InChI=1S/C29H34O17/c1-40-13-4-3-10(11-8-42-15-6-12(31)27(41-2)22(35)18(15)19(11)32)5-14(13)44-29-26(39)24(37)21(34)17(46-29)9-43-28-25(38)23(36)20(33)16(7-30)45-28/h3-6,8,16-17,20-21,23-26,28-31,33-39H,7,9H2,1-2H3/t16-,17-,20-,21-,23+,24+,25-,26-,28-,29-/m1/s1. The molecule has 0 radical (unpaired) electrons. The van der Waals surface area contributed by atoms with Crippen molar-refractivity contribution in [2.45, 2.75) is 61.4 Å². The molecule has 0 amide bonds. The first-order chi connectivity index (χ1) is 21.9. The highest BCUT2D eigenvalue weighted by Gasteiger charge is 2.48. The molecule has 0 bridgehead atoms. The fourth-order valence-corrected chi connectivity index (χ4v) is 5.24. The minimum absolute atomic E-state index is 0.0468. The molecule has 2 aliphatic rings. The monoisotopic (exact) mass is 654 g/mol. The number of methoxy groups -OCH3 is 2. The highest BCUT2D eigenvalue weighted by Crippen LogP contribution is 2.42. The van der Waals surface area contributed by atoms with Gasteiger partial charge in [-0.1, -0.05) is 6.07 Å². The quantitative estimate of drug-likeness (QED) is 0.119. The summed E-state index contributed by atoms with van der Waals surface area (Å²) >= 11 is 0. The lowest BCUT2D eigenvalue weighted by Gasteiger charge is -2.42. The van der Waals surface area contributed by atoms with Crippen LogP contribution in [0.15, 0.2) is 39.7 Å². The van der Waals surface area contributed by atoms with Gasteiger partial charge in [-0.2, -0.15) is 0 Å². The van der Waals surface area contributed by atoms with Crippen LogP contribution in [-0.2, 0) is 14.2 Å². The van der Waals surface area contributed by atoms with Gasteiger partial charge in [0.2, 0.25) is 17.5 Å². The Balaban J connectivity index is 1.39. The molecule has 2 aromatic carbocycles. The number of hydrogen-bond acceptors (Lipinski definition) is 17. The van der Waals surface area contributed by atoms with Crippen LogP contribution in [0.5, 0.6) is 28.7 Å². The van der Waals surface area contributed by atoms with Gasteiger partial charge in [-0.15, -0.1) is 0 Å². The summed E-state index contributed by atoms with van der Waals surface area (Å²) in [4.78, 5) is 13.4. The minimum atomic E-state index is -1.82. The van der Waals surface area contributed by atoms with E-state index in [0.717, 1.165) is 12.3 Å². The van der Waals surface area contributed by atoms with Crippen LogP contribution in [0.25, 0.3) is 22.1 Å². The van der Waals surface area contributed by atoms with Gasteiger partial charge in [-0.05, 0) is 17.7 Å². The molecule has 0 aliphatic carbocycles. The zero-order valence-electron chi connectivity index (χ0n) is 24.4. The zero-order chi connectivity index (χ0) is 33.4. The maximum absolute atomic E-state index is 13.4. The summed E-state index contributed by atoms with van der Waals surface area (Å²) in [6.07, 6.45) is -15.2. The highest BCUT2D eigenvalue weighted by atomic mass is 16.7. The summed E-state index contributed by atoms with van der Waals surface area (Å²) < 4.78 is 38.0. The van der Waals surface area contributed by atoms with Crippen LogP contribution >= 0.6 is 0 Å². The molecule has 252 valence electrons. The molecular formula is C29H34O17. The number of aromatic hydroxyl groups is 2. The number of ether oxygens (including phenoxy) is 6. The third-order valence-electron chi connectivity index (χ3n) is 7.84. The minimum Gasteiger partial charge on any atom is -0.504 e. The van der Waals surface area contributed by atoms with E-state index in [9.17, 15) is 50.8 Å². The van der Waals surface area contributed by atoms with Crippen molar-refractivity contribution in [2.24, 2.45) is 0 Å². The van der Waals surface area contributed by atoms with Gasteiger partial charge in [0, 0.05) is 6.07 Å².